The van der Waals surface area contributed by atoms with E-state index in [0.29, 0.717) is 11.1 Å². The Balaban J connectivity index is 1.63. The van der Waals surface area contributed by atoms with Gasteiger partial charge in [0.15, 0.2) is 23.3 Å². The van der Waals surface area contributed by atoms with Crippen molar-refractivity contribution in [2.45, 2.75) is 13.8 Å². The Kier molecular flexibility index (Phi) is 6.23. The Hall–Kier alpha value is -3.26. The van der Waals surface area contributed by atoms with Gasteiger partial charge in [-0.05, 0) is 43.7 Å². The lowest BCUT2D eigenvalue weighted by atomic mass is 10.1. The number of Topliss-reactive ketones (excluding diaryl/α,β-unsaturated/α-hetero) is 1. The van der Waals surface area contributed by atoms with Crippen LogP contribution in [0.15, 0.2) is 41.9 Å². The van der Waals surface area contributed by atoms with E-state index in [2.05, 4.69) is 4.98 Å². The second-order valence-electron chi connectivity index (χ2n) is 6.19. The highest BCUT2D eigenvalue weighted by Gasteiger charge is 2.18. The molecular formula is C21H19FN2O4S. The number of aromatic nitrogens is 2. The van der Waals surface area contributed by atoms with Crippen LogP contribution in [0.4, 0.5) is 4.39 Å². The lowest BCUT2D eigenvalue weighted by molar-refractivity contribution is -0.136. The van der Waals surface area contributed by atoms with Crippen LogP contribution in [-0.4, -0.2) is 35.0 Å². The Morgan fingerprint density at radius 2 is 2.07 bits per heavy atom. The second-order valence-corrected chi connectivity index (χ2v) is 7.07. The molecule has 3 rings (SSSR count). The highest BCUT2D eigenvalue weighted by molar-refractivity contribution is 7.12. The van der Waals surface area contributed by atoms with Gasteiger partial charge in [0, 0.05) is 34.6 Å². The normalized spacial score (nSPS) is 11.0. The number of ketones is 1. The molecule has 0 aliphatic heterocycles. The smallest absolute Gasteiger partial charge is 0.331 e. The highest BCUT2D eigenvalue weighted by atomic mass is 32.1. The minimum Gasteiger partial charge on any atom is -0.494 e. The molecule has 0 aliphatic carbocycles. The summed E-state index contributed by atoms with van der Waals surface area (Å²) in [7, 11) is 1.37. The van der Waals surface area contributed by atoms with Gasteiger partial charge in [0.2, 0.25) is 5.78 Å². The number of thiazole rings is 1. The molecule has 0 spiro atoms. The number of carbonyl (C=O) groups is 2. The van der Waals surface area contributed by atoms with Gasteiger partial charge in [-0.15, -0.1) is 11.3 Å². The maximum atomic E-state index is 13.7. The van der Waals surface area contributed by atoms with Crippen molar-refractivity contribution in [2.24, 2.45) is 0 Å². The Bertz CT molecular complexity index is 1070. The van der Waals surface area contributed by atoms with E-state index in [0.717, 1.165) is 22.6 Å². The number of rotatable bonds is 7. The van der Waals surface area contributed by atoms with Gasteiger partial charge in [-0.25, -0.2) is 14.2 Å². The zero-order chi connectivity index (χ0) is 21.0. The number of benzene rings is 1. The molecule has 0 N–H and O–H groups in total. The molecule has 150 valence electrons. The monoisotopic (exact) mass is 414 g/mol. The number of hydrogen-bond acceptors (Lipinski definition) is 6. The van der Waals surface area contributed by atoms with Crippen molar-refractivity contribution in [3.05, 3.63) is 70.3 Å². The van der Waals surface area contributed by atoms with E-state index in [1.54, 1.807) is 18.3 Å². The van der Waals surface area contributed by atoms with E-state index in [4.69, 9.17) is 9.47 Å². The second kappa shape index (κ2) is 8.83. The first-order chi connectivity index (χ1) is 13.9. The van der Waals surface area contributed by atoms with Crippen LogP contribution >= 0.6 is 11.3 Å². The summed E-state index contributed by atoms with van der Waals surface area (Å²) in [5, 5.41) is 2.63. The molecule has 0 radical (unpaired) electrons. The number of nitrogens with zero attached hydrogens (tertiary/aromatic N) is 2. The van der Waals surface area contributed by atoms with Crippen molar-refractivity contribution in [1.82, 2.24) is 9.55 Å². The predicted octanol–water partition coefficient (Wildman–Crippen LogP) is 4.14. The number of methoxy groups -OCH3 is 1. The molecule has 0 saturated heterocycles. The average molecular weight is 414 g/mol. The number of carbonyl (C=O) groups excluding carboxylic acids is 2. The minimum atomic E-state index is -0.691. The molecule has 29 heavy (non-hydrogen) atoms. The zero-order valence-corrected chi connectivity index (χ0v) is 17.0. The maximum absolute atomic E-state index is 13.7. The number of halogens is 1. The van der Waals surface area contributed by atoms with Gasteiger partial charge in [0.1, 0.15) is 0 Å². The quantitative estimate of drug-likeness (QED) is 0.330. The van der Waals surface area contributed by atoms with E-state index < -0.39 is 11.8 Å². The van der Waals surface area contributed by atoms with E-state index in [-0.39, 0.29) is 18.1 Å². The van der Waals surface area contributed by atoms with Gasteiger partial charge >= 0.3 is 5.97 Å². The minimum absolute atomic E-state index is 0.116. The first-order valence-corrected chi connectivity index (χ1v) is 9.59. The van der Waals surface area contributed by atoms with Crippen LogP contribution in [-0.2, 0) is 9.53 Å². The standard InChI is InChI=1S/C21H19FN2O4S/c1-13-10-16(14(2)24(13)21-23-8-9-29-21)18(25)12-28-20(26)7-5-15-4-6-19(27-3)17(22)11-15/h4-11H,12H2,1-3H3/b7-5+. The van der Waals surface area contributed by atoms with Crippen LogP contribution in [0.3, 0.4) is 0 Å². The van der Waals surface area contributed by atoms with E-state index >= 15 is 0 Å². The first kappa shape index (κ1) is 20.5. The number of esters is 1. The van der Waals surface area contributed by atoms with Crippen LogP contribution in [0.1, 0.15) is 27.3 Å². The summed E-state index contributed by atoms with van der Waals surface area (Å²) in [5.41, 5.74) is 2.56. The molecule has 0 atom stereocenters. The van der Waals surface area contributed by atoms with Crippen molar-refractivity contribution >= 4 is 29.2 Å². The van der Waals surface area contributed by atoms with Crippen LogP contribution in [0, 0.1) is 19.7 Å². The summed E-state index contributed by atoms with van der Waals surface area (Å²) in [6, 6.07) is 6.05. The van der Waals surface area contributed by atoms with E-state index in [1.165, 1.54) is 36.7 Å². The Morgan fingerprint density at radius 1 is 1.28 bits per heavy atom. The largest absolute Gasteiger partial charge is 0.494 e. The van der Waals surface area contributed by atoms with Crippen molar-refractivity contribution in [3.63, 3.8) is 0 Å². The van der Waals surface area contributed by atoms with Gasteiger partial charge in [-0.1, -0.05) is 6.07 Å². The predicted molar refractivity (Wildman–Crippen MR) is 108 cm³/mol. The fraction of sp³-hybridized carbons (Fsp3) is 0.190. The molecular weight excluding hydrogens is 395 g/mol. The van der Waals surface area contributed by atoms with Crippen LogP contribution in [0.5, 0.6) is 5.75 Å². The first-order valence-electron chi connectivity index (χ1n) is 8.71. The summed E-state index contributed by atoms with van der Waals surface area (Å²) in [4.78, 5) is 28.7. The third kappa shape index (κ3) is 4.60. The van der Waals surface area contributed by atoms with Crippen LogP contribution < -0.4 is 4.74 Å². The number of hydrogen-bond donors (Lipinski definition) is 0. The summed E-state index contributed by atoms with van der Waals surface area (Å²) in [6.07, 6.45) is 4.25. The Morgan fingerprint density at radius 3 is 2.72 bits per heavy atom. The molecule has 3 aromatic rings. The molecule has 6 nitrogen and oxygen atoms in total. The third-order valence-electron chi connectivity index (χ3n) is 4.28. The molecule has 0 bridgehead atoms. The molecule has 0 amide bonds. The van der Waals surface area contributed by atoms with Crippen molar-refractivity contribution in [2.75, 3.05) is 13.7 Å². The molecule has 0 saturated carbocycles. The molecule has 0 unspecified atom stereocenters. The summed E-state index contributed by atoms with van der Waals surface area (Å²) >= 11 is 1.47. The van der Waals surface area contributed by atoms with Gasteiger partial charge in [-0.2, -0.15) is 0 Å². The zero-order valence-electron chi connectivity index (χ0n) is 16.1. The molecule has 0 aliphatic rings. The fourth-order valence-electron chi connectivity index (χ4n) is 2.88. The van der Waals surface area contributed by atoms with E-state index in [9.17, 15) is 14.0 Å². The number of aryl methyl sites for hydroxylation is 1. The summed E-state index contributed by atoms with van der Waals surface area (Å²) < 4.78 is 25.4. The van der Waals surface area contributed by atoms with Crippen molar-refractivity contribution in [1.29, 1.82) is 0 Å². The third-order valence-corrected chi connectivity index (χ3v) is 5.03. The molecule has 0 fully saturated rings. The number of ether oxygens (including phenoxy) is 2. The molecule has 8 heteroatoms. The summed E-state index contributed by atoms with van der Waals surface area (Å²) in [6.45, 7) is 3.32. The lowest BCUT2D eigenvalue weighted by Gasteiger charge is -2.05. The Labute approximate surface area is 171 Å². The summed E-state index contributed by atoms with van der Waals surface area (Å²) in [5.74, 6) is -1.42. The van der Waals surface area contributed by atoms with Crippen molar-refractivity contribution < 1.29 is 23.5 Å². The molecule has 2 heterocycles. The van der Waals surface area contributed by atoms with Gasteiger partial charge < -0.3 is 9.47 Å². The van der Waals surface area contributed by atoms with Gasteiger partial charge in [0.05, 0.1) is 7.11 Å². The topological polar surface area (TPSA) is 70.4 Å². The van der Waals surface area contributed by atoms with Crippen LogP contribution in [0.25, 0.3) is 11.2 Å². The van der Waals surface area contributed by atoms with Gasteiger partial charge in [-0.3, -0.25) is 9.36 Å². The highest BCUT2D eigenvalue weighted by Crippen LogP contribution is 2.23. The fourth-order valence-corrected chi connectivity index (χ4v) is 3.63. The van der Waals surface area contributed by atoms with E-state index in [1.807, 2.05) is 23.8 Å². The van der Waals surface area contributed by atoms with Crippen molar-refractivity contribution in [3.8, 4) is 10.9 Å². The average Bonchev–Trinajstić information content (AvgIpc) is 3.32. The maximum Gasteiger partial charge on any atom is 0.331 e. The lowest BCUT2D eigenvalue weighted by Crippen LogP contribution is -2.13. The van der Waals surface area contributed by atoms with Crippen LogP contribution in [0.2, 0.25) is 0 Å². The molecule has 1 aromatic carbocycles. The van der Waals surface area contributed by atoms with Gasteiger partial charge in [0.25, 0.3) is 0 Å². The molecule has 2 aromatic heterocycles. The SMILES string of the molecule is COc1ccc(/C=C/C(=O)OCC(=O)c2cc(C)n(-c3nccs3)c2C)cc1F.